The fourth-order valence-electron chi connectivity index (χ4n) is 2.77. The zero-order chi connectivity index (χ0) is 18.4. The first-order valence-electron chi connectivity index (χ1n) is 8.62. The number of methoxy groups -OCH3 is 1. The fraction of sp³-hybridized carbons (Fsp3) is 0.381. The Hall–Kier alpha value is -2.49. The van der Waals surface area contributed by atoms with Crippen molar-refractivity contribution in [3.8, 4) is 11.5 Å². The lowest BCUT2D eigenvalue weighted by molar-refractivity contribution is -0.128. The van der Waals surface area contributed by atoms with Crippen molar-refractivity contribution in [2.75, 3.05) is 7.11 Å². The van der Waals surface area contributed by atoms with Crippen molar-refractivity contribution in [1.29, 1.82) is 0 Å². The maximum Gasteiger partial charge on any atom is 0.261 e. The first kappa shape index (κ1) is 18.8. The van der Waals surface area contributed by atoms with Crippen LogP contribution in [0.4, 0.5) is 0 Å². The van der Waals surface area contributed by atoms with E-state index in [0.717, 1.165) is 28.2 Å². The normalized spacial score (nSPS) is 13.0. The first-order valence-corrected chi connectivity index (χ1v) is 8.62. The summed E-state index contributed by atoms with van der Waals surface area (Å²) in [7, 11) is 1.64. The highest BCUT2D eigenvalue weighted by Gasteiger charge is 2.21. The number of carbonyl (C=O) groups is 1. The number of rotatable bonds is 7. The molecule has 0 heterocycles. The summed E-state index contributed by atoms with van der Waals surface area (Å²) < 4.78 is 11.1. The third kappa shape index (κ3) is 5.24. The van der Waals surface area contributed by atoms with E-state index in [9.17, 15) is 4.79 Å². The van der Waals surface area contributed by atoms with E-state index >= 15 is 0 Å². The number of amides is 1. The number of hydrogen-bond acceptors (Lipinski definition) is 3. The second-order valence-electron chi connectivity index (χ2n) is 6.34. The van der Waals surface area contributed by atoms with Gasteiger partial charge in [0.15, 0.2) is 6.10 Å². The molecule has 0 radical (unpaired) electrons. The summed E-state index contributed by atoms with van der Waals surface area (Å²) in [5, 5.41) is 3.03. The highest BCUT2D eigenvalue weighted by atomic mass is 16.5. The van der Waals surface area contributed by atoms with Crippen molar-refractivity contribution >= 4 is 5.91 Å². The Morgan fingerprint density at radius 3 is 2.16 bits per heavy atom. The molecule has 0 saturated carbocycles. The molecule has 0 aliphatic heterocycles. The van der Waals surface area contributed by atoms with Gasteiger partial charge in [0.2, 0.25) is 0 Å². The van der Waals surface area contributed by atoms with Gasteiger partial charge in [0.1, 0.15) is 11.5 Å². The topological polar surface area (TPSA) is 47.6 Å². The Labute approximate surface area is 150 Å². The lowest BCUT2D eigenvalue weighted by atomic mass is 10.1. The van der Waals surface area contributed by atoms with Crippen LogP contribution in [-0.2, 0) is 4.79 Å². The molecule has 2 aromatic carbocycles. The number of ether oxygens (including phenoxy) is 2. The molecule has 2 rings (SSSR count). The van der Waals surface area contributed by atoms with Gasteiger partial charge in [-0.05, 0) is 68.1 Å². The van der Waals surface area contributed by atoms with Gasteiger partial charge in [-0.3, -0.25) is 4.79 Å². The Kier molecular flexibility index (Phi) is 6.45. The molecule has 4 nitrogen and oxygen atoms in total. The number of nitrogens with one attached hydrogen (secondary N) is 1. The van der Waals surface area contributed by atoms with Gasteiger partial charge in [0.25, 0.3) is 5.91 Å². The molecule has 0 aliphatic carbocycles. The molecule has 0 bridgehead atoms. The molecule has 0 aromatic heterocycles. The molecular formula is C21H27NO3. The summed E-state index contributed by atoms with van der Waals surface area (Å²) in [6, 6.07) is 13.6. The van der Waals surface area contributed by atoms with E-state index in [4.69, 9.17) is 9.47 Å². The zero-order valence-electron chi connectivity index (χ0n) is 15.6. The van der Waals surface area contributed by atoms with E-state index in [1.54, 1.807) is 7.11 Å². The Morgan fingerprint density at radius 1 is 1.04 bits per heavy atom. The summed E-state index contributed by atoms with van der Waals surface area (Å²) in [5.74, 6) is 1.42. The van der Waals surface area contributed by atoms with Gasteiger partial charge in [-0.1, -0.05) is 25.1 Å². The molecule has 0 fully saturated rings. The SMILES string of the molecule is CCC(Oc1cc(C)cc(C)c1)C(=O)NC(C)c1ccc(OC)cc1. The molecule has 134 valence electrons. The number of benzene rings is 2. The molecule has 2 aromatic rings. The predicted octanol–water partition coefficient (Wildman–Crippen LogP) is 4.35. The van der Waals surface area contributed by atoms with E-state index in [2.05, 4.69) is 11.4 Å². The van der Waals surface area contributed by atoms with Crippen molar-refractivity contribution in [3.05, 3.63) is 59.2 Å². The van der Waals surface area contributed by atoms with Crippen LogP contribution in [0.2, 0.25) is 0 Å². The molecule has 0 aliphatic rings. The smallest absolute Gasteiger partial charge is 0.261 e. The van der Waals surface area contributed by atoms with Crippen molar-refractivity contribution in [3.63, 3.8) is 0 Å². The number of aryl methyl sites for hydroxylation is 2. The minimum atomic E-state index is -0.512. The second-order valence-corrected chi connectivity index (χ2v) is 6.34. The molecule has 0 spiro atoms. The van der Waals surface area contributed by atoms with E-state index in [1.165, 1.54) is 0 Å². The highest BCUT2D eigenvalue weighted by Crippen LogP contribution is 2.20. The van der Waals surface area contributed by atoms with Crippen LogP contribution in [0.25, 0.3) is 0 Å². The van der Waals surface area contributed by atoms with Crippen LogP contribution < -0.4 is 14.8 Å². The largest absolute Gasteiger partial charge is 0.497 e. The maximum atomic E-state index is 12.6. The molecule has 1 N–H and O–H groups in total. The van der Waals surface area contributed by atoms with Crippen LogP contribution in [0.15, 0.2) is 42.5 Å². The zero-order valence-corrected chi connectivity index (χ0v) is 15.6. The Balaban J connectivity index is 2.03. The average molecular weight is 341 g/mol. The standard InChI is InChI=1S/C21H27NO3/c1-6-20(25-19-12-14(2)11-15(3)13-19)21(23)22-16(4)17-7-9-18(24-5)10-8-17/h7-13,16,20H,6H2,1-5H3,(H,22,23). The molecule has 2 unspecified atom stereocenters. The van der Waals surface area contributed by atoms with E-state index in [0.29, 0.717) is 6.42 Å². The molecule has 2 atom stereocenters. The summed E-state index contributed by atoms with van der Waals surface area (Å²) in [4.78, 5) is 12.6. The minimum absolute atomic E-state index is 0.102. The molecular weight excluding hydrogens is 314 g/mol. The summed E-state index contributed by atoms with van der Waals surface area (Å²) in [5.41, 5.74) is 3.27. The van der Waals surface area contributed by atoms with Crippen molar-refractivity contribution in [2.45, 2.75) is 46.3 Å². The van der Waals surface area contributed by atoms with Gasteiger partial charge < -0.3 is 14.8 Å². The van der Waals surface area contributed by atoms with Crippen molar-refractivity contribution in [2.24, 2.45) is 0 Å². The third-order valence-corrected chi connectivity index (χ3v) is 4.11. The minimum Gasteiger partial charge on any atom is -0.497 e. The lowest BCUT2D eigenvalue weighted by Gasteiger charge is -2.21. The van der Waals surface area contributed by atoms with Crippen LogP contribution in [0.3, 0.4) is 0 Å². The highest BCUT2D eigenvalue weighted by molar-refractivity contribution is 5.81. The summed E-state index contributed by atoms with van der Waals surface area (Å²) in [6.07, 6.45) is 0.0932. The third-order valence-electron chi connectivity index (χ3n) is 4.11. The van der Waals surface area contributed by atoms with Gasteiger partial charge in [0.05, 0.1) is 13.2 Å². The van der Waals surface area contributed by atoms with Crippen LogP contribution in [0.5, 0.6) is 11.5 Å². The fourth-order valence-corrected chi connectivity index (χ4v) is 2.77. The van der Waals surface area contributed by atoms with E-state index < -0.39 is 6.10 Å². The van der Waals surface area contributed by atoms with E-state index in [-0.39, 0.29) is 11.9 Å². The maximum absolute atomic E-state index is 12.6. The van der Waals surface area contributed by atoms with Crippen LogP contribution in [0.1, 0.15) is 43.0 Å². The number of carbonyl (C=O) groups excluding carboxylic acids is 1. The quantitative estimate of drug-likeness (QED) is 0.814. The molecule has 0 saturated heterocycles. The van der Waals surface area contributed by atoms with Crippen molar-refractivity contribution < 1.29 is 14.3 Å². The van der Waals surface area contributed by atoms with Gasteiger partial charge >= 0.3 is 0 Å². The predicted molar refractivity (Wildman–Crippen MR) is 100 cm³/mol. The monoisotopic (exact) mass is 341 g/mol. The van der Waals surface area contributed by atoms with Gasteiger partial charge in [-0.2, -0.15) is 0 Å². The van der Waals surface area contributed by atoms with Gasteiger partial charge in [-0.25, -0.2) is 0 Å². The van der Waals surface area contributed by atoms with Crippen LogP contribution in [-0.4, -0.2) is 19.1 Å². The van der Waals surface area contributed by atoms with Crippen LogP contribution in [0, 0.1) is 13.8 Å². The molecule has 4 heteroatoms. The van der Waals surface area contributed by atoms with Crippen molar-refractivity contribution in [1.82, 2.24) is 5.32 Å². The molecule has 25 heavy (non-hydrogen) atoms. The first-order chi connectivity index (χ1) is 11.9. The second kappa shape index (κ2) is 8.56. The van der Waals surface area contributed by atoms with Gasteiger partial charge in [-0.15, -0.1) is 0 Å². The average Bonchev–Trinajstić information content (AvgIpc) is 2.58. The van der Waals surface area contributed by atoms with Gasteiger partial charge in [0, 0.05) is 0 Å². The Bertz CT molecular complexity index is 689. The van der Waals surface area contributed by atoms with Crippen LogP contribution >= 0.6 is 0 Å². The summed E-state index contributed by atoms with van der Waals surface area (Å²) in [6.45, 7) is 7.95. The summed E-state index contributed by atoms with van der Waals surface area (Å²) >= 11 is 0. The molecule has 1 amide bonds. The Morgan fingerprint density at radius 2 is 1.64 bits per heavy atom. The van der Waals surface area contributed by atoms with E-state index in [1.807, 2.05) is 64.1 Å². The lowest BCUT2D eigenvalue weighted by Crippen LogP contribution is -2.39. The number of hydrogen-bond donors (Lipinski definition) is 1.